The Morgan fingerprint density at radius 1 is 0.867 bits per heavy atom. The van der Waals surface area contributed by atoms with Gasteiger partial charge < -0.3 is 19.7 Å². The number of likely N-dealkylation sites (tertiary alicyclic amines) is 1. The van der Waals surface area contributed by atoms with E-state index >= 15 is 0 Å². The normalized spacial score (nSPS) is 23.7. The van der Waals surface area contributed by atoms with Gasteiger partial charge in [-0.25, -0.2) is 4.79 Å². The second kappa shape index (κ2) is 13.6. The summed E-state index contributed by atoms with van der Waals surface area (Å²) in [5.41, 5.74) is -2.76. The van der Waals surface area contributed by atoms with Crippen LogP contribution in [0.25, 0.3) is 0 Å². The Morgan fingerprint density at radius 2 is 1.44 bits per heavy atom. The van der Waals surface area contributed by atoms with Crippen molar-refractivity contribution in [3.63, 3.8) is 0 Å². The van der Waals surface area contributed by atoms with Gasteiger partial charge in [-0.2, -0.15) is 26.3 Å². The van der Waals surface area contributed by atoms with Crippen LogP contribution in [0.2, 0.25) is 0 Å². The molecule has 4 rings (SSSR count). The van der Waals surface area contributed by atoms with Crippen LogP contribution in [0.15, 0.2) is 48.5 Å². The molecule has 3 atom stereocenters. The summed E-state index contributed by atoms with van der Waals surface area (Å²) < 4.78 is 92.4. The van der Waals surface area contributed by atoms with Gasteiger partial charge in [0.1, 0.15) is 5.60 Å². The zero-order valence-corrected chi connectivity index (χ0v) is 25.8. The Bertz CT molecular complexity index is 1280. The fourth-order valence-electron chi connectivity index (χ4n) is 6.09. The molecule has 0 bridgehead atoms. The average molecular weight is 643 g/mol. The van der Waals surface area contributed by atoms with E-state index in [1.807, 2.05) is 30.3 Å². The number of amides is 2. The number of piperidine rings is 1. The van der Waals surface area contributed by atoms with Gasteiger partial charge in [-0.05, 0) is 89.1 Å². The predicted molar refractivity (Wildman–Crippen MR) is 155 cm³/mol. The number of nitrogens with zero attached hydrogens (tertiary/aromatic N) is 1. The van der Waals surface area contributed by atoms with Crippen LogP contribution >= 0.6 is 0 Å². The minimum absolute atomic E-state index is 0.00848. The number of hydrogen-bond acceptors (Lipinski definition) is 4. The molecule has 2 aromatic rings. The summed E-state index contributed by atoms with van der Waals surface area (Å²) in [6.07, 6.45) is -9.21. The topological polar surface area (TPSA) is 67.9 Å². The molecule has 2 amide bonds. The maximum Gasteiger partial charge on any atom is 0.416 e. The number of benzene rings is 2. The molecule has 1 heterocycles. The number of alkyl halides is 6. The van der Waals surface area contributed by atoms with Crippen LogP contribution in [-0.2, 0) is 26.6 Å². The van der Waals surface area contributed by atoms with E-state index in [2.05, 4.69) is 5.32 Å². The molecule has 248 valence electrons. The number of nitrogens with one attached hydrogen (secondary N) is 1. The van der Waals surface area contributed by atoms with Crippen molar-refractivity contribution in [2.24, 2.45) is 5.92 Å². The molecule has 1 aliphatic carbocycles. The van der Waals surface area contributed by atoms with Crippen molar-refractivity contribution in [1.29, 1.82) is 0 Å². The third-order valence-corrected chi connectivity index (χ3v) is 8.34. The molecule has 0 aromatic heterocycles. The van der Waals surface area contributed by atoms with E-state index < -0.39 is 47.4 Å². The standard InChI is InChI=1S/C33H40F6N2O4/c1-20(23-16-24(32(34,35)36)18-25(17-23)33(37,38)39)44-28-14-15-41(19-27(28)21-8-6-5-7-9-21)29(42)22-10-12-26(13-11-22)40-30(43)45-31(2,3)4/h5-9,16-18,20,22,26-28H,10-15,19H2,1-4H3,(H,40,43)/t20-,22?,26?,27-,28-/m0/s1. The first-order chi connectivity index (χ1) is 20.9. The third-order valence-electron chi connectivity index (χ3n) is 8.34. The maximum atomic E-state index is 13.6. The van der Waals surface area contributed by atoms with E-state index in [-0.39, 0.29) is 35.4 Å². The number of rotatable bonds is 6. The van der Waals surface area contributed by atoms with Gasteiger partial charge in [-0.3, -0.25) is 4.79 Å². The third kappa shape index (κ3) is 9.37. The van der Waals surface area contributed by atoms with Crippen molar-refractivity contribution in [3.05, 3.63) is 70.8 Å². The number of alkyl carbamates (subject to hydrolysis) is 1. The van der Waals surface area contributed by atoms with Crippen LogP contribution in [0.1, 0.15) is 94.1 Å². The van der Waals surface area contributed by atoms with Crippen LogP contribution in [0.4, 0.5) is 31.1 Å². The lowest BCUT2D eigenvalue weighted by atomic mass is 9.83. The van der Waals surface area contributed by atoms with Crippen LogP contribution in [0.5, 0.6) is 0 Å². The highest BCUT2D eigenvalue weighted by atomic mass is 19.4. The van der Waals surface area contributed by atoms with Crippen molar-refractivity contribution in [2.75, 3.05) is 13.1 Å². The van der Waals surface area contributed by atoms with E-state index in [1.54, 1.807) is 25.7 Å². The molecule has 1 aliphatic heterocycles. The van der Waals surface area contributed by atoms with Crippen molar-refractivity contribution in [2.45, 2.75) is 102 Å². The van der Waals surface area contributed by atoms with Crippen LogP contribution < -0.4 is 5.32 Å². The number of carbonyl (C=O) groups excluding carboxylic acids is 2. The fraction of sp³-hybridized carbons (Fsp3) is 0.576. The Hall–Kier alpha value is -3.28. The van der Waals surface area contributed by atoms with Gasteiger partial charge in [0.2, 0.25) is 5.91 Å². The van der Waals surface area contributed by atoms with Crippen LogP contribution in [0.3, 0.4) is 0 Å². The van der Waals surface area contributed by atoms with Gasteiger partial charge in [0.15, 0.2) is 0 Å². The second-order valence-corrected chi connectivity index (χ2v) is 12.9. The first-order valence-electron chi connectivity index (χ1n) is 15.2. The summed E-state index contributed by atoms with van der Waals surface area (Å²) in [5.74, 6) is -0.573. The van der Waals surface area contributed by atoms with Gasteiger partial charge >= 0.3 is 18.4 Å². The Morgan fingerprint density at radius 3 is 1.98 bits per heavy atom. The SMILES string of the molecule is C[C@H](O[C@H]1CCN(C(=O)C2CCC(NC(=O)OC(C)(C)C)CC2)C[C@H]1c1ccccc1)c1cc(C(F)(F)F)cc(C(F)(F)F)c1. The molecule has 0 unspecified atom stereocenters. The van der Waals surface area contributed by atoms with Gasteiger partial charge in [0, 0.05) is 31.0 Å². The van der Waals surface area contributed by atoms with Crippen molar-refractivity contribution in [1.82, 2.24) is 10.2 Å². The quantitative estimate of drug-likeness (QED) is 0.322. The van der Waals surface area contributed by atoms with Gasteiger partial charge in [0.05, 0.1) is 23.3 Å². The Labute approximate surface area is 259 Å². The highest BCUT2D eigenvalue weighted by molar-refractivity contribution is 5.79. The molecule has 0 spiro atoms. The molecule has 2 aliphatic rings. The summed E-state index contributed by atoms with van der Waals surface area (Å²) >= 11 is 0. The zero-order chi connectivity index (χ0) is 33.2. The summed E-state index contributed by atoms with van der Waals surface area (Å²) in [7, 11) is 0. The molecule has 6 nitrogen and oxygen atoms in total. The first kappa shape index (κ1) is 34.6. The van der Waals surface area contributed by atoms with E-state index in [4.69, 9.17) is 9.47 Å². The summed E-state index contributed by atoms with van der Waals surface area (Å²) in [6.45, 7) is 7.44. The van der Waals surface area contributed by atoms with Gasteiger partial charge in [0.25, 0.3) is 0 Å². The summed E-state index contributed by atoms with van der Waals surface area (Å²) in [4.78, 5) is 27.6. The number of hydrogen-bond donors (Lipinski definition) is 1. The smallest absolute Gasteiger partial charge is 0.416 e. The minimum Gasteiger partial charge on any atom is -0.444 e. The monoisotopic (exact) mass is 642 g/mol. The maximum absolute atomic E-state index is 13.6. The molecular formula is C33H40F6N2O4. The van der Waals surface area contributed by atoms with Crippen LogP contribution in [0, 0.1) is 5.92 Å². The lowest BCUT2D eigenvalue weighted by molar-refractivity contribution is -0.143. The molecule has 0 radical (unpaired) electrons. The van der Waals surface area contributed by atoms with E-state index in [0.717, 1.165) is 5.56 Å². The average Bonchev–Trinajstić information content (AvgIpc) is 2.95. The summed E-state index contributed by atoms with van der Waals surface area (Å²) in [5, 5.41) is 2.88. The molecule has 45 heavy (non-hydrogen) atoms. The number of carbonyl (C=O) groups is 2. The van der Waals surface area contributed by atoms with E-state index in [9.17, 15) is 35.9 Å². The molecule has 1 N–H and O–H groups in total. The molecule has 2 aromatic carbocycles. The molecule has 1 saturated heterocycles. The van der Waals surface area contributed by atoms with Gasteiger partial charge in [-0.15, -0.1) is 0 Å². The minimum atomic E-state index is -4.96. The van der Waals surface area contributed by atoms with E-state index in [0.29, 0.717) is 57.3 Å². The lowest BCUT2D eigenvalue weighted by Gasteiger charge is -2.42. The number of ether oxygens (including phenoxy) is 2. The highest BCUT2D eigenvalue weighted by Gasteiger charge is 2.40. The van der Waals surface area contributed by atoms with Crippen molar-refractivity contribution >= 4 is 12.0 Å². The first-order valence-corrected chi connectivity index (χ1v) is 15.2. The predicted octanol–water partition coefficient (Wildman–Crippen LogP) is 8.27. The van der Waals surface area contributed by atoms with Crippen LogP contribution in [-0.4, -0.2) is 47.7 Å². The van der Waals surface area contributed by atoms with Gasteiger partial charge in [-0.1, -0.05) is 30.3 Å². The highest BCUT2D eigenvalue weighted by Crippen LogP contribution is 2.40. The largest absolute Gasteiger partial charge is 0.444 e. The lowest BCUT2D eigenvalue weighted by Crippen LogP contribution is -2.49. The number of halogens is 6. The van der Waals surface area contributed by atoms with Crippen molar-refractivity contribution < 1.29 is 45.4 Å². The molecule has 2 fully saturated rings. The molecule has 1 saturated carbocycles. The molecular weight excluding hydrogens is 602 g/mol. The fourth-order valence-corrected chi connectivity index (χ4v) is 6.09. The second-order valence-electron chi connectivity index (χ2n) is 12.9. The summed E-state index contributed by atoms with van der Waals surface area (Å²) in [6, 6.07) is 10.7. The Balaban J connectivity index is 1.45. The zero-order valence-electron chi connectivity index (χ0n) is 25.8. The molecule has 12 heteroatoms. The van der Waals surface area contributed by atoms with E-state index in [1.165, 1.54) is 6.92 Å². The van der Waals surface area contributed by atoms with Crippen molar-refractivity contribution in [3.8, 4) is 0 Å². The Kier molecular flexibility index (Phi) is 10.5.